The minimum atomic E-state index is 0.601. The zero-order valence-electron chi connectivity index (χ0n) is 12.2. The Labute approximate surface area is 112 Å². The van der Waals surface area contributed by atoms with Gasteiger partial charge in [0.1, 0.15) is 0 Å². The molecule has 0 saturated carbocycles. The molecule has 2 heterocycles. The second-order valence-corrected chi connectivity index (χ2v) is 6.00. The van der Waals surface area contributed by atoms with Crippen molar-refractivity contribution in [3.8, 4) is 0 Å². The van der Waals surface area contributed by atoms with Gasteiger partial charge in [0.2, 0.25) is 0 Å². The van der Waals surface area contributed by atoms with Crippen LogP contribution in [0.25, 0.3) is 0 Å². The van der Waals surface area contributed by atoms with Gasteiger partial charge in [0, 0.05) is 38.3 Å². The minimum Gasteiger partial charge on any atom is -0.381 e. The quantitative estimate of drug-likeness (QED) is 0.798. The van der Waals surface area contributed by atoms with Crippen LogP contribution in [0.4, 0.5) is 0 Å². The fourth-order valence-electron chi connectivity index (χ4n) is 3.28. The molecule has 0 aromatic heterocycles. The Morgan fingerprint density at radius 1 is 1.33 bits per heavy atom. The van der Waals surface area contributed by atoms with E-state index in [0.717, 1.165) is 13.2 Å². The van der Waals surface area contributed by atoms with E-state index in [9.17, 15) is 0 Å². The Balaban J connectivity index is 1.87. The highest BCUT2D eigenvalue weighted by atomic mass is 16.5. The molecule has 2 aliphatic rings. The molecule has 2 saturated heterocycles. The normalized spacial score (nSPS) is 33.5. The van der Waals surface area contributed by atoms with E-state index in [1.165, 1.54) is 38.9 Å². The predicted molar refractivity (Wildman–Crippen MR) is 74.9 cm³/mol. The van der Waals surface area contributed by atoms with Gasteiger partial charge in [-0.25, -0.2) is 0 Å². The predicted octanol–water partition coefficient (Wildman–Crippen LogP) is 0.637. The van der Waals surface area contributed by atoms with E-state index in [2.05, 4.69) is 36.3 Å². The molecule has 0 amide bonds. The smallest absolute Gasteiger partial charge is 0.0509 e. The first-order valence-corrected chi connectivity index (χ1v) is 7.34. The van der Waals surface area contributed by atoms with Crippen molar-refractivity contribution in [1.29, 1.82) is 0 Å². The van der Waals surface area contributed by atoms with E-state index < -0.39 is 0 Å². The topological polar surface area (TPSA) is 27.7 Å². The van der Waals surface area contributed by atoms with Crippen LogP contribution < -0.4 is 5.32 Å². The van der Waals surface area contributed by atoms with Crippen LogP contribution in [-0.4, -0.2) is 75.9 Å². The van der Waals surface area contributed by atoms with Gasteiger partial charge in [-0.05, 0) is 46.3 Å². The Morgan fingerprint density at radius 3 is 2.83 bits per heavy atom. The van der Waals surface area contributed by atoms with Gasteiger partial charge >= 0.3 is 0 Å². The molecule has 1 N–H and O–H groups in total. The van der Waals surface area contributed by atoms with Crippen molar-refractivity contribution in [2.24, 2.45) is 5.92 Å². The van der Waals surface area contributed by atoms with Crippen molar-refractivity contribution >= 4 is 0 Å². The maximum atomic E-state index is 5.64. The third-order valence-electron chi connectivity index (χ3n) is 4.64. The molecule has 0 spiro atoms. The first-order valence-electron chi connectivity index (χ1n) is 7.34. The summed E-state index contributed by atoms with van der Waals surface area (Å²) in [5.74, 6) is 0.699. The maximum absolute atomic E-state index is 5.64. The van der Waals surface area contributed by atoms with Gasteiger partial charge in [0.25, 0.3) is 0 Å². The second kappa shape index (κ2) is 6.85. The lowest BCUT2D eigenvalue weighted by Gasteiger charge is -2.41. The summed E-state index contributed by atoms with van der Waals surface area (Å²) in [6.45, 7) is 5.49. The first kappa shape index (κ1) is 14.3. The molecule has 0 radical (unpaired) electrons. The molecule has 0 aromatic carbocycles. The van der Waals surface area contributed by atoms with Crippen molar-refractivity contribution in [3.05, 3.63) is 0 Å². The van der Waals surface area contributed by atoms with Gasteiger partial charge < -0.3 is 19.9 Å². The summed E-state index contributed by atoms with van der Waals surface area (Å²) in [7, 11) is 6.60. The molecule has 2 rings (SSSR count). The number of piperazine rings is 1. The van der Waals surface area contributed by atoms with Crippen molar-refractivity contribution in [2.75, 3.05) is 54.0 Å². The first-order chi connectivity index (χ1) is 8.70. The molecule has 0 aromatic rings. The molecule has 2 aliphatic heterocycles. The maximum Gasteiger partial charge on any atom is 0.0509 e. The Hall–Kier alpha value is -0.160. The summed E-state index contributed by atoms with van der Waals surface area (Å²) in [5.41, 5.74) is 0. The highest BCUT2D eigenvalue weighted by Crippen LogP contribution is 2.22. The van der Waals surface area contributed by atoms with E-state index in [-0.39, 0.29) is 0 Å². The molecular weight excluding hydrogens is 226 g/mol. The monoisotopic (exact) mass is 255 g/mol. The number of nitrogens with one attached hydrogen (secondary N) is 1. The average Bonchev–Trinajstić information content (AvgIpc) is 2.41. The van der Waals surface area contributed by atoms with Gasteiger partial charge in [-0.3, -0.25) is 0 Å². The van der Waals surface area contributed by atoms with Crippen molar-refractivity contribution < 1.29 is 4.74 Å². The molecule has 3 atom stereocenters. The molecule has 18 heavy (non-hydrogen) atoms. The third-order valence-corrected chi connectivity index (χ3v) is 4.64. The van der Waals surface area contributed by atoms with Crippen molar-refractivity contribution in [3.63, 3.8) is 0 Å². The van der Waals surface area contributed by atoms with E-state index in [1.807, 2.05) is 0 Å². The number of likely N-dealkylation sites (N-methyl/N-ethyl adjacent to an activating group) is 2. The van der Waals surface area contributed by atoms with Gasteiger partial charge in [-0.15, -0.1) is 0 Å². The van der Waals surface area contributed by atoms with Gasteiger partial charge in [-0.1, -0.05) is 0 Å². The second-order valence-electron chi connectivity index (χ2n) is 6.00. The molecule has 106 valence electrons. The van der Waals surface area contributed by atoms with Crippen LogP contribution in [0.1, 0.15) is 19.3 Å². The van der Waals surface area contributed by atoms with E-state index in [1.54, 1.807) is 0 Å². The van der Waals surface area contributed by atoms with Gasteiger partial charge in [0.05, 0.1) is 6.61 Å². The summed E-state index contributed by atoms with van der Waals surface area (Å²) >= 11 is 0. The minimum absolute atomic E-state index is 0.601. The summed E-state index contributed by atoms with van der Waals surface area (Å²) < 4.78 is 5.64. The Morgan fingerprint density at radius 2 is 2.17 bits per heavy atom. The number of hydrogen-bond donors (Lipinski definition) is 1. The van der Waals surface area contributed by atoms with Crippen LogP contribution in [-0.2, 0) is 4.74 Å². The zero-order chi connectivity index (χ0) is 13.0. The third kappa shape index (κ3) is 3.67. The Bertz CT molecular complexity index is 243. The van der Waals surface area contributed by atoms with Crippen LogP contribution in [0, 0.1) is 5.92 Å². The van der Waals surface area contributed by atoms with Crippen molar-refractivity contribution in [2.45, 2.75) is 31.3 Å². The fraction of sp³-hybridized carbons (Fsp3) is 1.00. The van der Waals surface area contributed by atoms with Crippen LogP contribution in [0.5, 0.6) is 0 Å². The lowest BCUT2D eigenvalue weighted by atomic mass is 9.88. The van der Waals surface area contributed by atoms with Crippen molar-refractivity contribution in [1.82, 2.24) is 15.1 Å². The summed E-state index contributed by atoms with van der Waals surface area (Å²) in [6.07, 6.45) is 3.78. The Kier molecular flexibility index (Phi) is 5.42. The summed E-state index contributed by atoms with van der Waals surface area (Å²) in [5, 5.41) is 3.53. The van der Waals surface area contributed by atoms with Gasteiger partial charge in [0.15, 0.2) is 0 Å². The molecule has 2 fully saturated rings. The average molecular weight is 255 g/mol. The van der Waals surface area contributed by atoms with E-state index >= 15 is 0 Å². The van der Waals surface area contributed by atoms with Gasteiger partial charge in [-0.2, -0.15) is 0 Å². The molecule has 4 heteroatoms. The highest BCUT2D eigenvalue weighted by Gasteiger charge is 2.29. The molecular formula is C14H29N3O. The number of nitrogens with zero attached hydrogens (tertiary/aromatic N) is 2. The molecule has 0 aliphatic carbocycles. The van der Waals surface area contributed by atoms with Crippen LogP contribution in [0.15, 0.2) is 0 Å². The van der Waals surface area contributed by atoms with Crippen LogP contribution in [0.3, 0.4) is 0 Å². The van der Waals surface area contributed by atoms with E-state index in [4.69, 9.17) is 4.74 Å². The lowest BCUT2D eigenvalue weighted by molar-refractivity contribution is 0.0281. The summed E-state index contributed by atoms with van der Waals surface area (Å²) in [4.78, 5) is 4.97. The zero-order valence-corrected chi connectivity index (χ0v) is 12.2. The SMILES string of the molecule is CNC(CC1CN(C)CCN1C)C1CCCOC1. The molecule has 4 nitrogen and oxygen atoms in total. The largest absolute Gasteiger partial charge is 0.381 e. The summed E-state index contributed by atoms with van der Waals surface area (Å²) in [6, 6.07) is 1.28. The van der Waals surface area contributed by atoms with Crippen LogP contribution in [0.2, 0.25) is 0 Å². The number of ether oxygens (including phenoxy) is 1. The standard InChI is InChI=1S/C14H29N3O/c1-15-14(12-5-4-8-18-11-12)9-13-10-16(2)6-7-17(13)3/h12-15H,4-11H2,1-3H3. The lowest BCUT2D eigenvalue weighted by Crippen LogP contribution is -2.53. The molecule has 0 bridgehead atoms. The highest BCUT2D eigenvalue weighted by molar-refractivity contribution is 4.86. The van der Waals surface area contributed by atoms with Crippen LogP contribution >= 0.6 is 0 Å². The van der Waals surface area contributed by atoms with E-state index in [0.29, 0.717) is 18.0 Å². The molecule has 3 unspecified atom stereocenters. The number of rotatable bonds is 4. The fourth-order valence-corrected chi connectivity index (χ4v) is 3.28. The number of hydrogen-bond acceptors (Lipinski definition) is 4.